The minimum absolute atomic E-state index is 0.0862. The summed E-state index contributed by atoms with van der Waals surface area (Å²) >= 11 is 0. The van der Waals surface area contributed by atoms with Gasteiger partial charge in [-0.05, 0) is 43.5 Å². The molecule has 1 atom stereocenters. The fraction of sp³-hybridized carbons (Fsp3) is 0.500. The average Bonchev–Trinajstić information content (AvgIpc) is 2.93. The molecule has 0 radical (unpaired) electrons. The number of carboxylic acids is 1. The van der Waals surface area contributed by atoms with Crippen molar-refractivity contribution in [2.24, 2.45) is 5.41 Å². The lowest BCUT2D eigenvalue weighted by Crippen LogP contribution is -2.48. The number of amides is 1. The van der Waals surface area contributed by atoms with Gasteiger partial charge in [0.05, 0.1) is 12.0 Å². The summed E-state index contributed by atoms with van der Waals surface area (Å²) in [6, 6.07) is 5.46. The van der Waals surface area contributed by atoms with Crippen molar-refractivity contribution >= 4 is 11.9 Å². The van der Waals surface area contributed by atoms with Crippen LogP contribution in [-0.4, -0.2) is 41.6 Å². The van der Waals surface area contributed by atoms with E-state index >= 15 is 0 Å². The Kier molecular flexibility index (Phi) is 3.35. The highest BCUT2D eigenvalue weighted by atomic mass is 16.5. The second-order valence-corrected chi connectivity index (χ2v) is 6.12. The lowest BCUT2D eigenvalue weighted by Gasteiger charge is -2.37. The average molecular weight is 289 g/mol. The van der Waals surface area contributed by atoms with E-state index in [-0.39, 0.29) is 12.5 Å². The molecule has 21 heavy (non-hydrogen) atoms. The van der Waals surface area contributed by atoms with E-state index < -0.39 is 11.4 Å². The fourth-order valence-corrected chi connectivity index (χ4v) is 3.09. The van der Waals surface area contributed by atoms with Gasteiger partial charge in [0.15, 0.2) is 0 Å². The molecule has 0 aromatic heterocycles. The van der Waals surface area contributed by atoms with Crippen molar-refractivity contribution in [3.63, 3.8) is 0 Å². The van der Waals surface area contributed by atoms with E-state index in [0.717, 1.165) is 24.2 Å². The van der Waals surface area contributed by atoms with Gasteiger partial charge in [-0.3, -0.25) is 9.59 Å². The Hall–Kier alpha value is -2.04. The lowest BCUT2D eigenvalue weighted by molar-refractivity contribution is -0.150. The fourth-order valence-electron chi connectivity index (χ4n) is 3.09. The molecular weight excluding hydrogens is 270 g/mol. The molecular formula is C16H19NO4. The summed E-state index contributed by atoms with van der Waals surface area (Å²) in [7, 11) is 0. The highest BCUT2D eigenvalue weighted by Crippen LogP contribution is 2.31. The maximum absolute atomic E-state index is 12.6. The first-order valence-corrected chi connectivity index (χ1v) is 7.28. The molecule has 1 amide bonds. The van der Waals surface area contributed by atoms with Crippen LogP contribution in [0.5, 0.6) is 5.75 Å². The molecule has 5 heteroatoms. The first-order chi connectivity index (χ1) is 9.99. The van der Waals surface area contributed by atoms with Crippen LogP contribution in [-0.2, 0) is 11.2 Å². The van der Waals surface area contributed by atoms with Crippen LogP contribution in [0.2, 0.25) is 0 Å². The maximum atomic E-state index is 12.6. The van der Waals surface area contributed by atoms with Gasteiger partial charge in [-0.25, -0.2) is 0 Å². The first-order valence-electron chi connectivity index (χ1n) is 7.28. The zero-order chi connectivity index (χ0) is 15.0. The molecule has 1 aromatic carbocycles. The largest absolute Gasteiger partial charge is 0.493 e. The molecule has 1 saturated heterocycles. The Labute approximate surface area is 123 Å². The number of ether oxygens (including phenoxy) is 1. The zero-order valence-corrected chi connectivity index (χ0v) is 12.1. The van der Waals surface area contributed by atoms with Gasteiger partial charge in [0.1, 0.15) is 5.75 Å². The number of aliphatic carboxylic acids is 1. The summed E-state index contributed by atoms with van der Waals surface area (Å²) in [6.07, 6.45) is 2.16. The number of piperidine rings is 1. The van der Waals surface area contributed by atoms with Crippen LogP contribution in [0.25, 0.3) is 0 Å². The van der Waals surface area contributed by atoms with E-state index in [2.05, 4.69) is 0 Å². The number of hydrogen-bond acceptors (Lipinski definition) is 3. The number of carbonyl (C=O) groups is 2. The molecule has 0 saturated carbocycles. The topological polar surface area (TPSA) is 66.8 Å². The van der Waals surface area contributed by atoms with Gasteiger partial charge in [0.2, 0.25) is 0 Å². The van der Waals surface area contributed by atoms with Gasteiger partial charge >= 0.3 is 5.97 Å². The van der Waals surface area contributed by atoms with Gasteiger partial charge in [-0.1, -0.05) is 0 Å². The van der Waals surface area contributed by atoms with Gasteiger partial charge in [-0.2, -0.15) is 0 Å². The molecule has 0 spiro atoms. The number of carbonyl (C=O) groups excluding carboxylic acids is 1. The van der Waals surface area contributed by atoms with Crippen molar-refractivity contribution in [1.29, 1.82) is 0 Å². The van der Waals surface area contributed by atoms with Crippen molar-refractivity contribution < 1.29 is 19.4 Å². The Morgan fingerprint density at radius 1 is 1.38 bits per heavy atom. The van der Waals surface area contributed by atoms with Crippen molar-refractivity contribution in [2.45, 2.75) is 26.2 Å². The van der Waals surface area contributed by atoms with Crippen LogP contribution in [0.4, 0.5) is 0 Å². The molecule has 2 aliphatic heterocycles. The maximum Gasteiger partial charge on any atom is 0.311 e. The number of rotatable bonds is 2. The summed E-state index contributed by atoms with van der Waals surface area (Å²) in [5.41, 5.74) is 0.834. The monoisotopic (exact) mass is 289 g/mol. The van der Waals surface area contributed by atoms with E-state index in [1.807, 2.05) is 12.1 Å². The predicted octanol–water partition coefficient (Wildman–Crippen LogP) is 1.95. The van der Waals surface area contributed by atoms with Gasteiger partial charge in [0.25, 0.3) is 5.91 Å². The van der Waals surface area contributed by atoms with E-state index in [1.54, 1.807) is 17.9 Å². The Morgan fingerprint density at radius 3 is 2.95 bits per heavy atom. The van der Waals surface area contributed by atoms with Crippen molar-refractivity contribution in [1.82, 2.24) is 4.90 Å². The molecule has 0 aliphatic carbocycles. The highest BCUT2D eigenvalue weighted by Gasteiger charge is 2.39. The van der Waals surface area contributed by atoms with Crippen molar-refractivity contribution in [2.75, 3.05) is 19.7 Å². The molecule has 3 rings (SSSR count). The highest BCUT2D eigenvalue weighted by molar-refractivity contribution is 5.95. The van der Waals surface area contributed by atoms with Crippen LogP contribution in [0.1, 0.15) is 35.7 Å². The molecule has 5 nitrogen and oxygen atoms in total. The minimum atomic E-state index is -0.840. The van der Waals surface area contributed by atoms with Gasteiger partial charge < -0.3 is 14.7 Å². The van der Waals surface area contributed by atoms with Gasteiger partial charge in [-0.15, -0.1) is 0 Å². The summed E-state index contributed by atoms with van der Waals surface area (Å²) in [6.45, 7) is 3.27. The first kappa shape index (κ1) is 13.9. The summed E-state index contributed by atoms with van der Waals surface area (Å²) in [5, 5.41) is 9.34. The standard InChI is InChI=1S/C16H19NO4/c1-16(15(19)20)6-2-7-17(10-16)14(18)12-3-4-13-11(9-12)5-8-21-13/h3-4,9H,2,5-8,10H2,1H3,(H,19,20). The minimum Gasteiger partial charge on any atom is -0.493 e. The number of hydrogen-bond donors (Lipinski definition) is 1. The molecule has 1 N–H and O–H groups in total. The third kappa shape index (κ3) is 2.48. The van der Waals surface area contributed by atoms with Crippen LogP contribution >= 0.6 is 0 Å². The SMILES string of the molecule is CC1(C(=O)O)CCCN(C(=O)c2ccc3c(c2)CCO3)C1. The third-order valence-corrected chi connectivity index (χ3v) is 4.44. The summed E-state index contributed by atoms with van der Waals surface area (Å²) < 4.78 is 5.44. The molecule has 1 unspecified atom stereocenters. The lowest BCUT2D eigenvalue weighted by atomic mass is 9.82. The number of nitrogens with zero attached hydrogens (tertiary/aromatic N) is 1. The second kappa shape index (κ2) is 5.06. The predicted molar refractivity (Wildman–Crippen MR) is 76.5 cm³/mol. The van der Waals surface area contributed by atoms with Gasteiger partial charge in [0, 0.05) is 25.1 Å². The molecule has 1 fully saturated rings. The van der Waals surface area contributed by atoms with E-state index in [0.29, 0.717) is 25.1 Å². The summed E-state index contributed by atoms with van der Waals surface area (Å²) in [4.78, 5) is 25.6. The quantitative estimate of drug-likeness (QED) is 0.903. The van der Waals surface area contributed by atoms with Crippen LogP contribution in [0.15, 0.2) is 18.2 Å². The van der Waals surface area contributed by atoms with Crippen molar-refractivity contribution in [3.8, 4) is 5.75 Å². The molecule has 2 heterocycles. The second-order valence-electron chi connectivity index (χ2n) is 6.12. The summed E-state index contributed by atoms with van der Waals surface area (Å²) in [5.74, 6) is -0.0696. The molecule has 2 aliphatic rings. The van der Waals surface area contributed by atoms with Crippen LogP contribution in [0.3, 0.4) is 0 Å². The van der Waals surface area contributed by atoms with Crippen molar-refractivity contribution in [3.05, 3.63) is 29.3 Å². The van der Waals surface area contributed by atoms with Crippen LogP contribution < -0.4 is 4.74 Å². The number of carboxylic acid groups (broad SMARTS) is 1. The number of likely N-dealkylation sites (tertiary alicyclic amines) is 1. The van der Waals surface area contributed by atoms with Crippen LogP contribution in [0, 0.1) is 5.41 Å². The molecule has 1 aromatic rings. The Morgan fingerprint density at radius 2 is 2.19 bits per heavy atom. The Balaban J connectivity index is 1.80. The molecule has 0 bridgehead atoms. The Bertz CT molecular complexity index is 598. The van der Waals surface area contributed by atoms with E-state index in [9.17, 15) is 14.7 Å². The van der Waals surface area contributed by atoms with E-state index in [1.165, 1.54) is 0 Å². The zero-order valence-electron chi connectivity index (χ0n) is 12.1. The smallest absolute Gasteiger partial charge is 0.311 e. The van der Waals surface area contributed by atoms with E-state index in [4.69, 9.17) is 4.74 Å². The number of fused-ring (bicyclic) bond motifs is 1. The molecule has 112 valence electrons. The normalized spacial score (nSPS) is 24.3. The number of benzene rings is 1. The third-order valence-electron chi connectivity index (χ3n) is 4.44.